The van der Waals surface area contributed by atoms with Crippen LogP contribution in [0.4, 0.5) is 0 Å². The number of fused-ring (bicyclic) bond motifs is 1. The molecule has 2 aliphatic rings. The molecule has 19 heavy (non-hydrogen) atoms. The third-order valence-corrected chi connectivity index (χ3v) is 4.60. The fourth-order valence-corrected chi connectivity index (χ4v) is 3.63. The summed E-state index contributed by atoms with van der Waals surface area (Å²) >= 11 is 0. The van der Waals surface area contributed by atoms with Gasteiger partial charge in [-0.3, -0.25) is 9.80 Å². The summed E-state index contributed by atoms with van der Waals surface area (Å²) in [7, 11) is 0. The lowest BCUT2D eigenvalue weighted by molar-refractivity contribution is 0.0316. The van der Waals surface area contributed by atoms with Gasteiger partial charge in [0.1, 0.15) is 0 Å². The molecule has 3 nitrogen and oxygen atoms in total. The highest BCUT2D eigenvalue weighted by atomic mass is 15.3. The van der Waals surface area contributed by atoms with E-state index in [9.17, 15) is 0 Å². The quantitative estimate of drug-likeness (QED) is 0.744. The highest BCUT2D eigenvalue weighted by molar-refractivity contribution is 4.87. The van der Waals surface area contributed by atoms with Crippen LogP contribution in [0.1, 0.15) is 46.5 Å². The van der Waals surface area contributed by atoms with Crippen LogP contribution >= 0.6 is 0 Å². The van der Waals surface area contributed by atoms with Crippen LogP contribution in [0.25, 0.3) is 0 Å². The molecule has 0 aliphatic carbocycles. The van der Waals surface area contributed by atoms with Gasteiger partial charge in [0.15, 0.2) is 0 Å². The van der Waals surface area contributed by atoms with E-state index in [4.69, 9.17) is 0 Å². The van der Waals surface area contributed by atoms with Crippen LogP contribution in [0.15, 0.2) is 0 Å². The molecule has 0 bridgehead atoms. The Morgan fingerprint density at radius 2 is 2.00 bits per heavy atom. The van der Waals surface area contributed by atoms with E-state index in [2.05, 4.69) is 35.9 Å². The Morgan fingerprint density at radius 3 is 2.79 bits per heavy atom. The maximum atomic E-state index is 3.58. The van der Waals surface area contributed by atoms with Gasteiger partial charge in [-0.15, -0.1) is 0 Å². The molecule has 1 unspecified atom stereocenters. The largest absolute Gasteiger partial charge is 0.316 e. The first-order valence-corrected chi connectivity index (χ1v) is 8.28. The minimum atomic E-state index is 0.395. The van der Waals surface area contributed by atoms with E-state index in [1.54, 1.807) is 0 Å². The van der Waals surface area contributed by atoms with E-state index in [0.717, 1.165) is 19.1 Å². The molecule has 2 saturated heterocycles. The van der Waals surface area contributed by atoms with Crippen molar-refractivity contribution in [3.63, 3.8) is 0 Å². The van der Waals surface area contributed by atoms with Crippen molar-refractivity contribution in [2.75, 3.05) is 45.8 Å². The molecule has 0 aromatic heterocycles. The SMILES string of the molecule is CCCNCC(C)(C)CN1CCN2CCCCC2C1. The number of piperazine rings is 1. The molecule has 2 heterocycles. The van der Waals surface area contributed by atoms with E-state index in [1.807, 2.05) is 0 Å². The summed E-state index contributed by atoms with van der Waals surface area (Å²) in [6, 6.07) is 0.849. The summed E-state index contributed by atoms with van der Waals surface area (Å²) < 4.78 is 0. The van der Waals surface area contributed by atoms with Crippen LogP contribution in [-0.4, -0.2) is 61.7 Å². The lowest BCUT2D eigenvalue weighted by Crippen LogP contribution is -2.56. The molecule has 2 fully saturated rings. The highest BCUT2D eigenvalue weighted by Crippen LogP contribution is 2.24. The summed E-state index contributed by atoms with van der Waals surface area (Å²) in [5, 5.41) is 3.58. The van der Waals surface area contributed by atoms with Crippen LogP contribution in [0.5, 0.6) is 0 Å². The number of nitrogens with zero attached hydrogens (tertiary/aromatic N) is 2. The van der Waals surface area contributed by atoms with Gasteiger partial charge >= 0.3 is 0 Å². The predicted octanol–water partition coefficient (Wildman–Crippen LogP) is 2.18. The second-order valence-electron chi connectivity index (χ2n) is 7.26. The zero-order valence-corrected chi connectivity index (χ0v) is 13.2. The Morgan fingerprint density at radius 1 is 1.16 bits per heavy atom. The monoisotopic (exact) mass is 267 g/mol. The zero-order chi connectivity index (χ0) is 13.7. The van der Waals surface area contributed by atoms with Gasteiger partial charge < -0.3 is 5.32 Å². The molecule has 3 heteroatoms. The molecule has 0 amide bonds. The van der Waals surface area contributed by atoms with E-state index in [0.29, 0.717) is 5.41 Å². The maximum absolute atomic E-state index is 3.58. The molecule has 112 valence electrons. The molecule has 2 aliphatic heterocycles. The minimum absolute atomic E-state index is 0.395. The van der Waals surface area contributed by atoms with Gasteiger partial charge in [0, 0.05) is 38.8 Å². The molecule has 0 radical (unpaired) electrons. The number of piperidine rings is 1. The van der Waals surface area contributed by atoms with Gasteiger partial charge in [0.25, 0.3) is 0 Å². The van der Waals surface area contributed by atoms with Gasteiger partial charge in [0.05, 0.1) is 0 Å². The van der Waals surface area contributed by atoms with Gasteiger partial charge in [-0.1, -0.05) is 27.2 Å². The van der Waals surface area contributed by atoms with E-state index >= 15 is 0 Å². The summed E-state index contributed by atoms with van der Waals surface area (Å²) in [6.45, 7) is 15.8. The van der Waals surface area contributed by atoms with E-state index in [-0.39, 0.29) is 0 Å². The van der Waals surface area contributed by atoms with Crippen molar-refractivity contribution in [2.45, 2.75) is 52.5 Å². The van der Waals surface area contributed by atoms with Crippen LogP contribution in [-0.2, 0) is 0 Å². The lowest BCUT2D eigenvalue weighted by atomic mass is 9.91. The third-order valence-electron chi connectivity index (χ3n) is 4.60. The minimum Gasteiger partial charge on any atom is -0.316 e. The van der Waals surface area contributed by atoms with Crippen molar-refractivity contribution in [1.29, 1.82) is 0 Å². The molecular formula is C16H33N3. The van der Waals surface area contributed by atoms with Crippen LogP contribution in [0.3, 0.4) is 0 Å². The molecule has 2 rings (SSSR count). The normalized spacial score (nSPS) is 26.4. The number of hydrogen-bond acceptors (Lipinski definition) is 3. The van der Waals surface area contributed by atoms with Crippen molar-refractivity contribution >= 4 is 0 Å². The standard InChI is InChI=1S/C16H33N3/c1-4-8-17-13-16(2,3)14-18-10-11-19-9-6-5-7-15(19)12-18/h15,17H,4-14H2,1-3H3. The van der Waals surface area contributed by atoms with E-state index < -0.39 is 0 Å². The van der Waals surface area contributed by atoms with E-state index in [1.165, 1.54) is 58.4 Å². The second kappa shape index (κ2) is 7.05. The topological polar surface area (TPSA) is 18.5 Å². The van der Waals surface area contributed by atoms with Gasteiger partial charge in [0.2, 0.25) is 0 Å². The highest BCUT2D eigenvalue weighted by Gasteiger charge is 2.31. The van der Waals surface area contributed by atoms with Crippen molar-refractivity contribution in [3.05, 3.63) is 0 Å². The number of rotatable bonds is 6. The maximum Gasteiger partial charge on any atom is 0.0223 e. The molecule has 0 aromatic rings. The molecule has 0 spiro atoms. The molecule has 0 aromatic carbocycles. The third kappa shape index (κ3) is 4.73. The Labute approximate surface area is 119 Å². The van der Waals surface area contributed by atoms with Crippen molar-refractivity contribution in [1.82, 2.24) is 15.1 Å². The zero-order valence-electron chi connectivity index (χ0n) is 13.2. The number of hydrogen-bond donors (Lipinski definition) is 1. The first-order chi connectivity index (χ1) is 9.11. The van der Waals surface area contributed by atoms with Crippen molar-refractivity contribution in [2.24, 2.45) is 5.41 Å². The summed E-state index contributed by atoms with van der Waals surface area (Å²) in [4.78, 5) is 5.43. The van der Waals surface area contributed by atoms with Crippen LogP contribution in [0, 0.1) is 5.41 Å². The summed E-state index contributed by atoms with van der Waals surface area (Å²) in [6.07, 6.45) is 5.52. The predicted molar refractivity (Wildman–Crippen MR) is 82.6 cm³/mol. The first kappa shape index (κ1) is 15.3. The molecular weight excluding hydrogens is 234 g/mol. The Bertz CT molecular complexity index is 265. The Hall–Kier alpha value is -0.120. The van der Waals surface area contributed by atoms with Crippen LogP contribution < -0.4 is 5.32 Å². The Balaban J connectivity index is 1.76. The fraction of sp³-hybridized carbons (Fsp3) is 1.00. The summed E-state index contributed by atoms with van der Waals surface area (Å²) in [5.41, 5.74) is 0.395. The van der Waals surface area contributed by atoms with Crippen molar-refractivity contribution < 1.29 is 0 Å². The molecule has 0 saturated carbocycles. The van der Waals surface area contributed by atoms with Crippen LogP contribution in [0.2, 0.25) is 0 Å². The first-order valence-electron chi connectivity index (χ1n) is 8.28. The smallest absolute Gasteiger partial charge is 0.0223 e. The average Bonchev–Trinajstić information content (AvgIpc) is 2.38. The molecule has 1 atom stereocenters. The number of nitrogens with one attached hydrogen (secondary N) is 1. The van der Waals surface area contributed by atoms with Gasteiger partial charge in [-0.05, 0) is 37.8 Å². The van der Waals surface area contributed by atoms with Gasteiger partial charge in [-0.2, -0.15) is 0 Å². The lowest BCUT2D eigenvalue weighted by Gasteiger charge is -2.46. The Kier molecular flexibility index (Phi) is 5.67. The second-order valence-corrected chi connectivity index (χ2v) is 7.26. The van der Waals surface area contributed by atoms with Gasteiger partial charge in [-0.25, -0.2) is 0 Å². The fourth-order valence-electron chi connectivity index (χ4n) is 3.63. The average molecular weight is 267 g/mol. The summed E-state index contributed by atoms with van der Waals surface area (Å²) in [5.74, 6) is 0. The van der Waals surface area contributed by atoms with Crippen molar-refractivity contribution in [3.8, 4) is 0 Å². The molecule has 1 N–H and O–H groups in total.